The highest BCUT2D eigenvalue weighted by molar-refractivity contribution is 5.87. The van der Waals surface area contributed by atoms with E-state index in [2.05, 4.69) is 6.92 Å². The summed E-state index contributed by atoms with van der Waals surface area (Å²) in [5.74, 6) is -0.351. The van der Waals surface area contributed by atoms with Gasteiger partial charge in [0.2, 0.25) is 0 Å². The molecule has 0 atom stereocenters. The number of carbonyl (C=O) groups is 1. The van der Waals surface area contributed by atoms with E-state index >= 15 is 0 Å². The van der Waals surface area contributed by atoms with Crippen LogP contribution in [0.3, 0.4) is 0 Å². The predicted octanol–water partition coefficient (Wildman–Crippen LogP) is 3.36. The summed E-state index contributed by atoms with van der Waals surface area (Å²) in [6.07, 6.45) is 4.33. The first kappa shape index (κ1) is 15.5. The van der Waals surface area contributed by atoms with Gasteiger partial charge in [-0.3, -0.25) is 0 Å². The van der Waals surface area contributed by atoms with Crippen LogP contribution >= 0.6 is 0 Å². The molecule has 0 fully saturated rings. The minimum atomic E-state index is -0.940. The van der Waals surface area contributed by atoms with Gasteiger partial charge in [-0.25, -0.2) is 4.79 Å². The van der Waals surface area contributed by atoms with Gasteiger partial charge in [0.05, 0.1) is 12.2 Å². The highest BCUT2D eigenvalue weighted by Gasteiger charge is 2.03. The first-order valence-corrected chi connectivity index (χ1v) is 6.78. The highest BCUT2D eigenvalue weighted by Crippen LogP contribution is 2.13. The molecular formula is C15H22O4. The monoisotopic (exact) mass is 266 g/mol. The first-order valence-electron chi connectivity index (χ1n) is 6.78. The van der Waals surface area contributed by atoms with Crippen LogP contribution in [0.25, 0.3) is 0 Å². The third-order valence-electron chi connectivity index (χ3n) is 2.67. The van der Waals surface area contributed by atoms with Gasteiger partial charge in [-0.05, 0) is 24.6 Å². The molecule has 0 unspecified atom stereocenters. The number of carboxylic acid groups (broad SMARTS) is 1. The molecule has 0 radical (unpaired) electrons. The summed E-state index contributed by atoms with van der Waals surface area (Å²) in [4.78, 5) is 10.8. The third kappa shape index (κ3) is 6.82. The smallest absolute Gasteiger partial charge is 0.335 e. The number of rotatable bonds is 10. The molecule has 19 heavy (non-hydrogen) atoms. The van der Waals surface area contributed by atoms with E-state index in [4.69, 9.17) is 14.6 Å². The van der Waals surface area contributed by atoms with Crippen molar-refractivity contribution >= 4 is 5.97 Å². The molecule has 0 spiro atoms. The van der Waals surface area contributed by atoms with Gasteiger partial charge in [0.15, 0.2) is 0 Å². The van der Waals surface area contributed by atoms with Crippen LogP contribution in [-0.4, -0.2) is 30.9 Å². The predicted molar refractivity (Wildman–Crippen MR) is 73.9 cm³/mol. The summed E-state index contributed by atoms with van der Waals surface area (Å²) < 4.78 is 10.9. The molecule has 1 N–H and O–H groups in total. The van der Waals surface area contributed by atoms with E-state index in [9.17, 15) is 4.79 Å². The molecule has 0 amide bonds. The first-order chi connectivity index (χ1) is 9.24. The van der Waals surface area contributed by atoms with Gasteiger partial charge in [-0.1, -0.05) is 25.8 Å². The van der Waals surface area contributed by atoms with Crippen molar-refractivity contribution in [2.75, 3.05) is 19.8 Å². The Balaban J connectivity index is 2.12. The van der Waals surface area contributed by atoms with E-state index in [-0.39, 0.29) is 5.56 Å². The Bertz CT molecular complexity index is 376. The zero-order valence-electron chi connectivity index (χ0n) is 11.4. The van der Waals surface area contributed by atoms with E-state index in [0.717, 1.165) is 19.4 Å². The van der Waals surface area contributed by atoms with Crippen molar-refractivity contribution < 1.29 is 19.4 Å². The lowest BCUT2D eigenvalue weighted by Gasteiger charge is -2.07. The molecule has 106 valence electrons. The topological polar surface area (TPSA) is 55.8 Å². The van der Waals surface area contributed by atoms with Crippen molar-refractivity contribution in [3.05, 3.63) is 29.8 Å². The molecule has 1 rings (SSSR count). The average molecular weight is 266 g/mol. The molecule has 0 aromatic heterocycles. The second-order valence-corrected chi connectivity index (χ2v) is 4.35. The molecule has 0 aliphatic heterocycles. The molecule has 0 aliphatic rings. The van der Waals surface area contributed by atoms with E-state index in [1.54, 1.807) is 18.2 Å². The van der Waals surface area contributed by atoms with Crippen molar-refractivity contribution in [1.29, 1.82) is 0 Å². The number of unbranched alkanes of at least 4 members (excludes halogenated alkanes) is 2. The number of benzene rings is 1. The summed E-state index contributed by atoms with van der Waals surface area (Å²) in [5.41, 5.74) is 0.244. The van der Waals surface area contributed by atoms with Crippen LogP contribution in [0.2, 0.25) is 0 Å². The second kappa shape index (κ2) is 9.39. The van der Waals surface area contributed by atoms with E-state index in [1.807, 2.05) is 0 Å². The van der Waals surface area contributed by atoms with Gasteiger partial charge >= 0.3 is 5.97 Å². The van der Waals surface area contributed by atoms with Crippen LogP contribution in [0, 0.1) is 0 Å². The lowest BCUT2D eigenvalue weighted by Crippen LogP contribution is -2.04. The number of aromatic carboxylic acids is 1. The van der Waals surface area contributed by atoms with Crippen molar-refractivity contribution in [3.8, 4) is 5.75 Å². The van der Waals surface area contributed by atoms with Crippen LogP contribution in [-0.2, 0) is 4.74 Å². The van der Waals surface area contributed by atoms with E-state index in [0.29, 0.717) is 19.0 Å². The van der Waals surface area contributed by atoms with Crippen LogP contribution < -0.4 is 4.74 Å². The number of hydrogen-bond donors (Lipinski definition) is 1. The fourth-order valence-corrected chi connectivity index (χ4v) is 1.63. The summed E-state index contributed by atoms with van der Waals surface area (Å²) in [5, 5.41) is 8.85. The van der Waals surface area contributed by atoms with Crippen molar-refractivity contribution in [2.45, 2.75) is 32.6 Å². The molecule has 0 heterocycles. The fraction of sp³-hybridized carbons (Fsp3) is 0.533. The molecule has 0 saturated carbocycles. The Morgan fingerprint density at radius 3 is 2.68 bits per heavy atom. The summed E-state index contributed by atoms with van der Waals surface area (Å²) >= 11 is 0. The Morgan fingerprint density at radius 1 is 1.16 bits per heavy atom. The van der Waals surface area contributed by atoms with Crippen LogP contribution in [0.5, 0.6) is 5.75 Å². The number of ether oxygens (including phenoxy) is 2. The Hall–Kier alpha value is -1.55. The maximum absolute atomic E-state index is 10.8. The molecule has 0 saturated heterocycles. The minimum absolute atomic E-state index is 0.244. The van der Waals surface area contributed by atoms with Crippen molar-refractivity contribution in [3.63, 3.8) is 0 Å². The third-order valence-corrected chi connectivity index (χ3v) is 2.67. The summed E-state index contributed by atoms with van der Waals surface area (Å²) in [6, 6.07) is 6.52. The maximum atomic E-state index is 10.8. The minimum Gasteiger partial charge on any atom is -0.493 e. The fourth-order valence-electron chi connectivity index (χ4n) is 1.63. The zero-order chi connectivity index (χ0) is 13.9. The van der Waals surface area contributed by atoms with Crippen molar-refractivity contribution in [2.24, 2.45) is 0 Å². The van der Waals surface area contributed by atoms with E-state index < -0.39 is 5.97 Å². The van der Waals surface area contributed by atoms with Crippen LogP contribution in [0.4, 0.5) is 0 Å². The van der Waals surface area contributed by atoms with Crippen molar-refractivity contribution in [1.82, 2.24) is 0 Å². The standard InChI is InChI=1S/C15H22O4/c1-2-3-4-9-18-10-6-11-19-14-8-5-7-13(12-14)15(16)17/h5,7-8,12H,2-4,6,9-11H2,1H3,(H,16,17). The largest absolute Gasteiger partial charge is 0.493 e. The lowest BCUT2D eigenvalue weighted by atomic mass is 10.2. The summed E-state index contributed by atoms with van der Waals surface area (Å²) in [7, 11) is 0. The molecule has 1 aromatic rings. The second-order valence-electron chi connectivity index (χ2n) is 4.35. The zero-order valence-corrected chi connectivity index (χ0v) is 11.4. The van der Waals surface area contributed by atoms with Gasteiger partial charge in [0.1, 0.15) is 5.75 Å². The van der Waals surface area contributed by atoms with Gasteiger partial charge in [-0.15, -0.1) is 0 Å². The molecular weight excluding hydrogens is 244 g/mol. The number of carboxylic acids is 1. The Labute approximate surface area is 114 Å². The van der Waals surface area contributed by atoms with Gasteiger partial charge < -0.3 is 14.6 Å². The van der Waals surface area contributed by atoms with E-state index in [1.165, 1.54) is 18.9 Å². The quantitative estimate of drug-likeness (QED) is 0.660. The molecule has 4 nitrogen and oxygen atoms in total. The van der Waals surface area contributed by atoms with Gasteiger partial charge in [-0.2, -0.15) is 0 Å². The Kier molecular flexibility index (Phi) is 7.66. The van der Waals surface area contributed by atoms with Crippen LogP contribution in [0.15, 0.2) is 24.3 Å². The highest BCUT2D eigenvalue weighted by atomic mass is 16.5. The maximum Gasteiger partial charge on any atom is 0.335 e. The van der Waals surface area contributed by atoms with Gasteiger partial charge in [0.25, 0.3) is 0 Å². The SMILES string of the molecule is CCCCCOCCCOc1cccc(C(=O)O)c1. The summed E-state index contributed by atoms with van der Waals surface area (Å²) in [6.45, 7) is 4.20. The number of hydrogen-bond acceptors (Lipinski definition) is 3. The molecule has 0 bridgehead atoms. The van der Waals surface area contributed by atoms with Gasteiger partial charge in [0, 0.05) is 19.6 Å². The molecule has 0 aliphatic carbocycles. The molecule has 1 aromatic carbocycles. The van der Waals surface area contributed by atoms with Crippen LogP contribution in [0.1, 0.15) is 43.0 Å². The normalized spacial score (nSPS) is 10.4. The molecule has 4 heteroatoms. The average Bonchev–Trinajstić information content (AvgIpc) is 2.42. The lowest BCUT2D eigenvalue weighted by molar-refractivity contribution is 0.0696. The Morgan fingerprint density at radius 2 is 1.95 bits per heavy atom.